The molecule has 5 nitrogen and oxygen atoms in total. The molecule has 2 aromatic carbocycles. The molecule has 27 heavy (non-hydrogen) atoms. The van der Waals surface area contributed by atoms with Crippen molar-refractivity contribution in [3.8, 4) is 0 Å². The van der Waals surface area contributed by atoms with Crippen LogP contribution < -0.4 is 9.21 Å². The molecule has 0 N–H and O–H groups in total. The zero-order valence-electron chi connectivity index (χ0n) is 14.8. The van der Waals surface area contributed by atoms with Gasteiger partial charge in [-0.15, -0.1) is 0 Å². The van der Waals surface area contributed by atoms with Crippen molar-refractivity contribution in [2.24, 2.45) is 5.92 Å². The van der Waals surface area contributed by atoms with Crippen molar-refractivity contribution in [1.82, 2.24) is 0 Å². The lowest BCUT2D eigenvalue weighted by molar-refractivity contribution is -0.107. The second kappa shape index (κ2) is 8.09. The fraction of sp³-hybridized carbons (Fsp3) is 0.316. The highest BCUT2D eigenvalue weighted by molar-refractivity contribution is 7.92. The van der Waals surface area contributed by atoms with Crippen LogP contribution >= 0.6 is 23.2 Å². The van der Waals surface area contributed by atoms with Gasteiger partial charge in [0.25, 0.3) is 0 Å². The molecule has 3 rings (SSSR count). The minimum Gasteiger partial charge on any atom is -0.315 e. The van der Waals surface area contributed by atoms with Gasteiger partial charge < -0.3 is 4.90 Å². The molecule has 1 fully saturated rings. The van der Waals surface area contributed by atoms with Crippen molar-refractivity contribution >= 4 is 51.0 Å². The lowest BCUT2D eigenvalue weighted by atomic mass is 10.2. The normalized spacial score (nSPS) is 14.0. The Kier molecular flexibility index (Phi) is 5.99. The molecular formula is C19H20Cl2N2O3S. The number of anilines is 2. The molecule has 2 aromatic rings. The average Bonchev–Trinajstić information content (AvgIpc) is 3.44. The monoisotopic (exact) mass is 426 g/mol. The van der Waals surface area contributed by atoms with Crippen LogP contribution in [0.15, 0.2) is 42.5 Å². The third kappa shape index (κ3) is 4.94. The summed E-state index contributed by atoms with van der Waals surface area (Å²) in [6.07, 6.45) is 4.24. The van der Waals surface area contributed by atoms with Crippen LogP contribution in [-0.2, 0) is 21.4 Å². The van der Waals surface area contributed by atoms with E-state index in [1.54, 1.807) is 47.4 Å². The van der Waals surface area contributed by atoms with E-state index in [1.165, 1.54) is 4.31 Å². The predicted octanol–water partition coefficient (Wildman–Crippen LogP) is 4.33. The Labute approximate surface area is 169 Å². The van der Waals surface area contributed by atoms with Gasteiger partial charge in [-0.25, -0.2) is 8.42 Å². The molecule has 0 radical (unpaired) electrons. The van der Waals surface area contributed by atoms with Crippen molar-refractivity contribution in [2.45, 2.75) is 19.4 Å². The highest BCUT2D eigenvalue weighted by atomic mass is 35.5. The minimum atomic E-state index is -3.54. The average molecular weight is 427 g/mol. The van der Waals surface area contributed by atoms with Gasteiger partial charge in [0, 0.05) is 12.2 Å². The first-order valence-corrected chi connectivity index (χ1v) is 11.1. The molecule has 8 heteroatoms. The lowest BCUT2D eigenvalue weighted by Crippen LogP contribution is -2.29. The van der Waals surface area contributed by atoms with Crippen LogP contribution in [0.5, 0.6) is 0 Å². The van der Waals surface area contributed by atoms with Crippen LogP contribution in [0.3, 0.4) is 0 Å². The Hall–Kier alpha value is -1.76. The van der Waals surface area contributed by atoms with Gasteiger partial charge in [0.1, 0.15) is 0 Å². The minimum absolute atomic E-state index is 0.0665. The van der Waals surface area contributed by atoms with Crippen molar-refractivity contribution in [3.63, 3.8) is 0 Å². The van der Waals surface area contributed by atoms with E-state index in [0.717, 1.165) is 31.2 Å². The van der Waals surface area contributed by atoms with Gasteiger partial charge in [0.2, 0.25) is 16.4 Å². The third-order valence-electron chi connectivity index (χ3n) is 4.49. The summed E-state index contributed by atoms with van der Waals surface area (Å²) in [4.78, 5) is 13.0. The maximum absolute atomic E-state index is 12.3. The summed E-state index contributed by atoms with van der Waals surface area (Å²) >= 11 is 12.3. The first kappa shape index (κ1) is 20.0. The van der Waals surface area contributed by atoms with E-state index < -0.39 is 10.0 Å². The topological polar surface area (TPSA) is 57.7 Å². The number of benzene rings is 2. The van der Waals surface area contributed by atoms with Crippen molar-refractivity contribution in [2.75, 3.05) is 22.0 Å². The van der Waals surface area contributed by atoms with Gasteiger partial charge in [-0.05, 0) is 54.7 Å². The maximum Gasteiger partial charge on any atom is 0.232 e. The Morgan fingerprint density at radius 1 is 1.07 bits per heavy atom. The van der Waals surface area contributed by atoms with Crippen LogP contribution in [0.4, 0.5) is 11.4 Å². The fourth-order valence-electron chi connectivity index (χ4n) is 2.82. The van der Waals surface area contributed by atoms with E-state index in [0.29, 0.717) is 33.8 Å². The number of carbonyl (C=O) groups excluding carboxylic acids is 1. The molecule has 0 unspecified atom stereocenters. The molecule has 1 amide bonds. The van der Waals surface area contributed by atoms with Crippen LogP contribution in [0, 0.1) is 5.92 Å². The van der Waals surface area contributed by atoms with Gasteiger partial charge in [-0.3, -0.25) is 9.10 Å². The number of amides is 1. The zero-order chi connectivity index (χ0) is 19.6. The van der Waals surface area contributed by atoms with E-state index in [2.05, 4.69) is 0 Å². The number of nitrogens with zero attached hydrogens (tertiary/aromatic N) is 2. The van der Waals surface area contributed by atoms with Gasteiger partial charge in [0.15, 0.2) is 0 Å². The molecule has 1 aliphatic carbocycles. The Balaban J connectivity index is 1.87. The third-order valence-corrected chi connectivity index (χ3v) is 6.49. The van der Waals surface area contributed by atoms with E-state index >= 15 is 0 Å². The van der Waals surface area contributed by atoms with Gasteiger partial charge in [-0.1, -0.05) is 35.3 Å². The smallest absolute Gasteiger partial charge is 0.232 e. The largest absolute Gasteiger partial charge is 0.315 e. The van der Waals surface area contributed by atoms with Crippen LogP contribution in [0.25, 0.3) is 0 Å². The first-order valence-electron chi connectivity index (χ1n) is 8.52. The lowest BCUT2D eigenvalue weighted by Gasteiger charge is -2.24. The van der Waals surface area contributed by atoms with Crippen molar-refractivity contribution < 1.29 is 13.2 Å². The van der Waals surface area contributed by atoms with Gasteiger partial charge >= 0.3 is 0 Å². The number of rotatable bonds is 8. The second-order valence-corrected chi connectivity index (χ2v) is 9.39. The van der Waals surface area contributed by atoms with Crippen LogP contribution in [0.1, 0.15) is 18.4 Å². The summed E-state index contributed by atoms with van der Waals surface area (Å²) in [5, 5.41) is 0.709. The molecule has 0 bridgehead atoms. The molecule has 144 valence electrons. The first-order chi connectivity index (χ1) is 12.8. The number of hydrogen-bond donors (Lipinski definition) is 0. The van der Waals surface area contributed by atoms with E-state index in [9.17, 15) is 13.2 Å². The predicted molar refractivity (Wildman–Crippen MR) is 110 cm³/mol. The summed E-state index contributed by atoms with van der Waals surface area (Å²) in [7, 11) is -3.54. The highest BCUT2D eigenvalue weighted by Gasteiger charge is 2.25. The summed E-state index contributed by atoms with van der Waals surface area (Å²) in [5.41, 5.74) is 1.85. The molecule has 0 spiro atoms. The molecule has 0 aromatic heterocycles. The highest BCUT2D eigenvalue weighted by Crippen LogP contribution is 2.32. The van der Waals surface area contributed by atoms with Crippen LogP contribution in [0.2, 0.25) is 10.0 Å². The standard InChI is InChI=1S/C19H20Cl2N2O3S/c1-27(25,26)23(12-15-3-2-4-18(20)19(15)21)17-9-7-16(8-10-17)22(13-24)11-14-5-6-14/h2-4,7-10,13-14H,5-6,11-12H2,1H3. The van der Waals surface area contributed by atoms with E-state index in [1.807, 2.05) is 0 Å². The second-order valence-electron chi connectivity index (χ2n) is 6.70. The van der Waals surface area contributed by atoms with E-state index in [4.69, 9.17) is 23.2 Å². The molecular weight excluding hydrogens is 407 g/mol. The summed E-state index contributed by atoms with van der Waals surface area (Å²) in [5.74, 6) is 0.562. The summed E-state index contributed by atoms with van der Waals surface area (Å²) in [6, 6.07) is 12.0. The molecule has 0 saturated heterocycles. The number of carbonyl (C=O) groups is 1. The zero-order valence-corrected chi connectivity index (χ0v) is 17.1. The SMILES string of the molecule is CS(=O)(=O)N(Cc1cccc(Cl)c1Cl)c1ccc(N(C=O)CC2CC2)cc1. The van der Waals surface area contributed by atoms with Crippen LogP contribution in [-0.4, -0.2) is 27.6 Å². The molecule has 1 aliphatic rings. The molecule has 0 heterocycles. The molecule has 0 aliphatic heterocycles. The van der Waals surface area contributed by atoms with Crippen molar-refractivity contribution in [3.05, 3.63) is 58.1 Å². The number of sulfonamides is 1. The van der Waals surface area contributed by atoms with Gasteiger partial charge in [0.05, 0.1) is 28.5 Å². The van der Waals surface area contributed by atoms with Gasteiger partial charge in [-0.2, -0.15) is 0 Å². The number of halogens is 2. The fourth-order valence-corrected chi connectivity index (χ4v) is 4.08. The quantitative estimate of drug-likeness (QED) is 0.590. The molecule has 1 saturated carbocycles. The Morgan fingerprint density at radius 2 is 1.70 bits per heavy atom. The van der Waals surface area contributed by atoms with E-state index in [-0.39, 0.29) is 6.54 Å². The Morgan fingerprint density at radius 3 is 2.26 bits per heavy atom. The van der Waals surface area contributed by atoms with Crippen molar-refractivity contribution in [1.29, 1.82) is 0 Å². The summed E-state index contributed by atoms with van der Waals surface area (Å²) < 4.78 is 26.0. The Bertz CT molecular complexity index is 928. The number of hydrogen-bond acceptors (Lipinski definition) is 3. The maximum atomic E-state index is 12.3. The molecule has 0 atom stereocenters. The summed E-state index contributed by atoms with van der Waals surface area (Å²) in [6.45, 7) is 0.758.